The number of ether oxygens (including phenoxy) is 1. The molecule has 0 aliphatic heterocycles. The van der Waals surface area contributed by atoms with Gasteiger partial charge >= 0.3 is 6.09 Å². The van der Waals surface area contributed by atoms with Gasteiger partial charge in [0.25, 0.3) is 5.91 Å². The number of alkyl carbamates (subject to hydrolysis) is 1. The van der Waals surface area contributed by atoms with Crippen LogP contribution in [0, 0.1) is 24.8 Å². The molecule has 9 nitrogen and oxygen atoms in total. The maximum atomic E-state index is 13.6. The first-order chi connectivity index (χ1) is 16.4. The molecule has 1 aromatic rings. The van der Waals surface area contributed by atoms with Gasteiger partial charge in [0, 0.05) is 30.1 Å². The van der Waals surface area contributed by atoms with Crippen molar-refractivity contribution in [1.29, 1.82) is 0 Å². The molecule has 188 valence electrons. The summed E-state index contributed by atoms with van der Waals surface area (Å²) in [6.07, 6.45) is 11.7. The minimum Gasteiger partial charge on any atom is -0.444 e. The van der Waals surface area contributed by atoms with E-state index in [9.17, 15) is 19.2 Å². The fourth-order valence-electron chi connectivity index (χ4n) is 3.18. The Hall–Kier alpha value is -3.98. The van der Waals surface area contributed by atoms with E-state index in [1.807, 2.05) is 6.92 Å². The molecule has 0 aliphatic carbocycles. The first-order valence-corrected chi connectivity index (χ1v) is 11.4. The number of terminal acetylenes is 2. The Morgan fingerprint density at radius 1 is 1.17 bits per heavy atom. The van der Waals surface area contributed by atoms with Gasteiger partial charge in [-0.1, -0.05) is 43.9 Å². The Balaban J connectivity index is 3.42. The first-order valence-electron chi connectivity index (χ1n) is 11.4. The summed E-state index contributed by atoms with van der Waals surface area (Å²) in [5, 5.41) is 5.22. The maximum absolute atomic E-state index is 13.6. The number of primary amides is 1. The average Bonchev–Trinajstić information content (AvgIpc) is 2.78. The number of carbonyl (C=O) groups is 4. The second kappa shape index (κ2) is 13.7. The van der Waals surface area contributed by atoms with Crippen molar-refractivity contribution in [2.24, 2.45) is 5.73 Å². The second-order valence-electron chi connectivity index (χ2n) is 8.82. The van der Waals surface area contributed by atoms with Crippen molar-refractivity contribution in [3.63, 3.8) is 0 Å². The highest BCUT2D eigenvalue weighted by Gasteiger charge is 2.36. The van der Waals surface area contributed by atoms with E-state index < -0.39 is 41.5 Å². The lowest BCUT2D eigenvalue weighted by Crippen LogP contribution is -2.51. The molecule has 0 radical (unpaired) electrons. The molecule has 0 spiro atoms. The lowest BCUT2D eigenvalue weighted by molar-refractivity contribution is -0.138. The molecule has 0 saturated heterocycles. The Morgan fingerprint density at radius 3 is 2.37 bits per heavy atom. The van der Waals surface area contributed by atoms with Crippen molar-refractivity contribution >= 4 is 23.8 Å². The normalized spacial score (nSPS) is 12.3. The molecule has 0 saturated carbocycles. The third-order valence-electron chi connectivity index (χ3n) is 4.79. The fraction of sp³-hybridized carbons (Fsp3) is 0.462. The minimum atomic E-state index is -1.28. The van der Waals surface area contributed by atoms with Crippen LogP contribution in [0.5, 0.6) is 0 Å². The van der Waals surface area contributed by atoms with E-state index in [1.165, 1.54) is 0 Å². The summed E-state index contributed by atoms with van der Waals surface area (Å²) in [7, 11) is 0. The van der Waals surface area contributed by atoms with Crippen LogP contribution in [0.1, 0.15) is 70.5 Å². The average molecular weight is 483 g/mol. The van der Waals surface area contributed by atoms with Crippen molar-refractivity contribution in [1.82, 2.24) is 15.5 Å². The van der Waals surface area contributed by atoms with Crippen molar-refractivity contribution < 1.29 is 23.9 Å². The van der Waals surface area contributed by atoms with Gasteiger partial charge in [0.2, 0.25) is 11.8 Å². The molecule has 9 heteroatoms. The van der Waals surface area contributed by atoms with Crippen LogP contribution >= 0.6 is 0 Å². The lowest BCUT2D eigenvalue weighted by Gasteiger charge is -2.30. The Bertz CT molecular complexity index is 1000. The molecular formula is C26H34N4O5. The number of nitrogens with one attached hydrogen (secondary N) is 2. The number of carbonyl (C=O) groups excluding carboxylic acids is 4. The van der Waals surface area contributed by atoms with E-state index in [1.54, 1.807) is 45.0 Å². The molecular weight excluding hydrogens is 448 g/mol. The molecule has 4 N–H and O–H groups in total. The van der Waals surface area contributed by atoms with Crippen LogP contribution in [-0.4, -0.2) is 46.9 Å². The fourth-order valence-corrected chi connectivity index (χ4v) is 3.18. The first kappa shape index (κ1) is 29.1. The molecule has 0 bridgehead atoms. The molecule has 0 heterocycles. The van der Waals surface area contributed by atoms with Gasteiger partial charge in [-0.25, -0.2) is 4.79 Å². The molecule has 1 aromatic carbocycles. The number of rotatable bonds is 11. The van der Waals surface area contributed by atoms with Crippen LogP contribution in [0.25, 0.3) is 0 Å². The topological polar surface area (TPSA) is 131 Å². The second-order valence-corrected chi connectivity index (χ2v) is 8.82. The van der Waals surface area contributed by atoms with Gasteiger partial charge in [-0.2, -0.15) is 0 Å². The third-order valence-corrected chi connectivity index (χ3v) is 4.79. The van der Waals surface area contributed by atoms with Crippen molar-refractivity contribution in [2.75, 3.05) is 6.54 Å². The lowest BCUT2D eigenvalue weighted by atomic mass is 9.97. The summed E-state index contributed by atoms with van der Waals surface area (Å²) in [4.78, 5) is 51.5. The highest BCUT2D eigenvalue weighted by molar-refractivity contribution is 5.94. The van der Waals surface area contributed by atoms with E-state index >= 15 is 0 Å². The van der Waals surface area contributed by atoms with Gasteiger partial charge in [0.05, 0.1) is 0 Å². The molecule has 35 heavy (non-hydrogen) atoms. The smallest absolute Gasteiger partial charge is 0.408 e. The van der Waals surface area contributed by atoms with Gasteiger partial charge in [-0.3, -0.25) is 19.3 Å². The summed E-state index contributed by atoms with van der Waals surface area (Å²) in [5.41, 5.74) is 5.15. The largest absolute Gasteiger partial charge is 0.444 e. The summed E-state index contributed by atoms with van der Waals surface area (Å²) < 4.78 is 5.24. The third kappa shape index (κ3) is 9.42. The van der Waals surface area contributed by atoms with E-state index in [4.69, 9.17) is 23.3 Å². The minimum absolute atomic E-state index is 0.146. The van der Waals surface area contributed by atoms with Crippen LogP contribution in [0.4, 0.5) is 4.79 Å². The SMILES string of the molecule is C#Cc1ccccc1C(C(=O)NCCCC)N(C#C)C(=O)C(CCC(N)=O)NC(=O)OC(C)(C)C. The molecule has 1 rings (SSSR count). The molecule has 0 aliphatic rings. The number of hydrogen-bond acceptors (Lipinski definition) is 5. The number of benzene rings is 1. The van der Waals surface area contributed by atoms with Crippen LogP contribution in [0.2, 0.25) is 0 Å². The predicted octanol–water partition coefficient (Wildman–Crippen LogP) is 2.20. The molecule has 2 atom stereocenters. The summed E-state index contributed by atoms with van der Waals surface area (Å²) in [6, 6.07) is 6.32. The van der Waals surface area contributed by atoms with Crippen LogP contribution in [0.15, 0.2) is 24.3 Å². The zero-order valence-corrected chi connectivity index (χ0v) is 20.7. The van der Waals surface area contributed by atoms with Crippen molar-refractivity contribution in [2.45, 2.75) is 71.1 Å². The van der Waals surface area contributed by atoms with E-state index in [2.05, 4.69) is 22.6 Å². The molecule has 2 unspecified atom stereocenters. The number of nitrogens with zero attached hydrogens (tertiary/aromatic N) is 1. The van der Waals surface area contributed by atoms with Crippen LogP contribution < -0.4 is 16.4 Å². The predicted molar refractivity (Wildman–Crippen MR) is 132 cm³/mol. The van der Waals surface area contributed by atoms with Gasteiger partial charge < -0.3 is 21.1 Å². The van der Waals surface area contributed by atoms with Crippen LogP contribution in [-0.2, 0) is 19.1 Å². The van der Waals surface area contributed by atoms with E-state index in [0.29, 0.717) is 17.7 Å². The van der Waals surface area contributed by atoms with Gasteiger partial charge in [-0.05, 0) is 39.7 Å². The number of nitrogens with two attached hydrogens (primary N) is 1. The monoisotopic (exact) mass is 482 g/mol. The number of hydrogen-bond donors (Lipinski definition) is 3. The quantitative estimate of drug-likeness (QED) is 0.253. The zero-order chi connectivity index (χ0) is 26.6. The van der Waals surface area contributed by atoms with Gasteiger partial charge in [-0.15, -0.1) is 6.42 Å². The van der Waals surface area contributed by atoms with Crippen molar-refractivity contribution in [3.8, 4) is 24.8 Å². The zero-order valence-electron chi connectivity index (χ0n) is 20.7. The summed E-state index contributed by atoms with van der Waals surface area (Å²) in [6.45, 7) is 7.33. The van der Waals surface area contributed by atoms with E-state index in [-0.39, 0.29) is 12.8 Å². The summed E-state index contributed by atoms with van der Waals surface area (Å²) >= 11 is 0. The number of unbranched alkanes of at least 4 members (excludes halogenated alkanes) is 1. The van der Waals surface area contributed by atoms with Gasteiger partial charge in [0.1, 0.15) is 17.7 Å². The van der Waals surface area contributed by atoms with Crippen molar-refractivity contribution in [3.05, 3.63) is 35.4 Å². The molecule has 4 amide bonds. The Labute approximate surface area is 207 Å². The highest BCUT2D eigenvalue weighted by atomic mass is 16.6. The molecule has 0 fully saturated rings. The number of amides is 4. The highest BCUT2D eigenvalue weighted by Crippen LogP contribution is 2.25. The molecule has 0 aromatic heterocycles. The Morgan fingerprint density at radius 2 is 1.83 bits per heavy atom. The van der Waals surface area contributed by atoms with Crippen LogP contribution in [0.3, 0.4) is 0 Å². The van der Waals surface area contributed by atoms with E-state index in [0.717, 1.165) is 17.7 Å². The summed E-state index contributed by atoms with van der Waals surface area (Å²) in [5.74, 6) is 0.513. The maximum Gasteiger partial charge on any atom is 0.408 e. The Kier molecular flexibility index (Phi) is 11.3. The standard InChI is InChI=1S/C26H34N4O5/c1-7-10-17-28-23(32)22(19-14-12-11-13-18(19)8-2)30(9-3)24(33)20(15-16-21(27)31)29-25(34)35-26(4,5)6/h2-3,11-14,20,22H,7,10,15-17H2,1,4-6H3,(H2,27,31)(H,28,32)(H,29,34). The van der Waals surface area contributed by atoms with Gasteiger partial charge in [0.15, 0.2) is 0 Å².